The van der Waals surface area contributed by atoms with Crippen LogP contribution in [0.25, 0.3) is 0 Å². The van der Waals surface area contributed by atoms with Crippen molar-refractivity contribution >= 4 is 0 Å². The highest BCUT2D eigenvalue weighted by molar-refractivity contribution is 5.34. The molecule has 2 rings (SSSR count). The zero-order valence-electron chi connectivity index (χ0n) is 7.79. The Balaban J connectivity index is 2.18. The summed E-state index contributed by atoms with van der Waals surface area (Å²) >= 11 is 0. The van der Waals surface area contributed by atoms with E-state index in [4.69, 9.17) is 5.73 Å². The van der Waals surface area contributed by atoms with Crippen LogP contribution in [-0.4, -0.2) is 6.43 Å². The van der Waals surface area contributed by atoms with Crippen molar-refractivity contribution < 1.29 is 8.78 Å². The van der Waals surface area contributed by atoms with Crippen molar-refractivity contribution in [2.45, 2.75) is 25.3 Å². The molecule has 2 unspecified atom stereocenters. The lowest BCUT2D eigenvalue weighted by Crippen LogP contribution is -2.02. The molecular formula is C11H13F2N. The third-order valence-electron chi connectivity index (χ3n) is 2.84. The molecule has 1 aliphatic rings. The molecule has 0 aliphatic heterocycles. The number of benzene rings is 1. The zero-order chi connectivity index (χ0) is 10.1. The molecule has 1 fully saturated rings. The Morgan fingerprint density at radius 1 is 1.36 bits per heavy atom. The van der Waals surface area contributed by atoms with Gasteiger partial charge < -0.3 is 5.73 Å². The molecule has 1 aliphatic carbocycles. The Kier molecular flexibility index (Phi) is 2.50. The lowest BCUT2D eigenvalue weighted by Gasteiger charge is -2.06. The molecule has 1 nitrogen and oxygen atoms in total. The number of nitrogens with two attached hydrogens (primary N) is 1. The van der Waals surface area contributed by atoms with Crippen molar-refractivity contribution in [2.24, 2.45) is 11.7 Å². The summed E-state index contributed by atoms with van der Waals surface area (Å²) in [5.41, 5.74) is 7.57. The predicted molar refractivity (Wildman–Crippen MR) is 51.2 cm³/mol. The molecule has 2 N–H and O–H groups in total. The van der Waals surface area contributed by atoms with Gasteiger partial charge in [0.1, 0.15) is 0 Å². The largest absolute Gasteiger partial charge is 0.326 e. The van der Waals surface area contributed by atoms with E-state index < -0.39 is 12.3 Å². The summed E-state index contributed by atoms with van der Waals surface area (Å²) in [6.45, 7) is 0.433. The van der Waals surface area contributed by atoms with Gasteiger partial charge in [-0.2, -0.15) is 0 Å². The van der Waals surface area contributed by atoms with E-state index in [0.717, 1.165) is 11.1 Å². The maximum absolute atomic E-state index is 12.4. The first-order chi connectivity index (χ1) is 6.74. The number of rotatable bonds is 3. The average molecular weight is 197 g/mol. The summed E-state index contributed by atoms with van der Waals surface area (Å²) < 4.78 is 24.7. The molecule has 1 aromatic carbocycles. The van der Waals surface area contributed by atoms with Gasteiger partial charge in [0.25, 0.3) is 0 Å². The number of alkyl halides is 2. The van der Waals surface area contributed by atoms with Crippen molar-refractivity contribution in [3.63, 3.8) is 0 Å². The summed E-state index contributed by atoms with van der Waals surface area (Å²) in [6.07, 6.45) is -1.58. The van der Waals surface area contributed by atoms with Crippen LogP contribution >= 0.6 is 0 Å². The second kappa shape index (κ2) is 3.65. The van der Waals surface area contributed by atoms with Gasteiger partial charge >= 0.3 is 0 Å². The van der Waals surface area contributed by atoms with Crippen molar-refractivity contribution in [3.05, 3.63) is 35.4 Å². The molecule has 0 radical (unpaired) electrons. The fourth-order valence-corrected chi connectivity index (χ4v) is 1.93. The van der Waals surface area contributed by atoms with Crippen LogP contribution in [0.2, 0.25) is 0 Å². The smallest absolute Gasteiger partial charge is 0.242 e. The highest BCUT2D eigenvalue weighted by Crippen LogP contribution is 2.51. The van der Waals surface area contributed by atoms with E-state index in [9.17, 15) is 8.78 Å². The van der Waals surface area contributed by atoms with Crippen LogP contribution in [0, 0.1) is 5.92 Å². The Hall–Kier alpha value is -0.960. The standard InChI is InChI=1S/C11H13F2N/c12-11(13)10-5-9(10)8-4-2-1-3-7(8)6-14/h1-4,9-11H,5-6,14H2. The van der Waals surface area contributed by atoms with Crippen LogP contribution < -0.4 is 5.73 Å². The molecule has 3 heteroatoms. The lowest BCUT2D eigenvalue weighted by molar-refractivity contribution is 0.120. The second-order valence-electron chi connectivity index (χ2n) is 3.74. The first kappa shape index (κ1) is 9.59. The number of halogens is 2. The van der Waals surface area contributed by atoms with Crippen LogP contribution in [0.15, 0.2) is 24.3 Å². The Labute approximate surface area is 81.9 Å². The third kappa shape index (κ3) is 1.64. The summed E-state index contributed by atoms with van der Waals surface area (Å²) in [5.74, 6) is -0.405. The van der Waals surface area contributed by atoms with Crippen LogP contribution in [0.5, 0.6) is 0 Å². The van der Waals surface area contributed by atoms with Crippen molar-refractivity contribution in [1.29, 1.82) is 0 Å². The Morgan fingerprint density at radius 3 is 2.64 bits per heavy atom. The fraction of sp³-hybridized carbons (Fsp3) is 0.455. The van der Waals surface area contributed by atoms with E-state index in [1.165, 1.54) is 0 Å². The topological polar surface area (TPSA) is 26.0 Å². The molecule has 0 amide bonds. The maximum atomic E-state index is 12.4. The van der Waals surface area contributed by atoms with E-state index in [1.54, 1.807) is 0 Å². The Bertz CT molecular complexity index is 325. The minimum Gasteiger partial charge on any atom is -0.326 e. The fourth-order valence-electron chi connectivity index (χ4n) is 1.93. The van der Waals surface area contributed by atoms with Gasteiger partial charge in [-0.3, -0.25) is 0 Å². The molecule has 0 saturated heterocycles. The quantitative estimate of drug-likeness (QED) is 0.791. The van der Waals surface area contributed by atoms with Gasteiger partial charge in [-0.25, -0.2) is 8.78 Å². The summed E-state index contributed by atoms with van der Waals surface area (Å²) in [6, 6.07) is 7.60. The highest BCUT2D eigenvalue weighted by Gasteiger charge is 2.45. The molecule has 0 heterocycles. The van der Waals surface area contributed by atoms with Crippen LogP contribution in [0.1, 0.15) is 23.5 Å². The van der Waals surface area contributed by atoms with Crippen molar-refractivity contribution in [3.8, 4) is 0 Å². The van der Waals surface area contributed by atoms with Crippen molar-refractivity contribution in [1.82, 2.24) is 0 Å². The molecule has 0 spiro atoms. The van der Waals surface area contributed by atoms with Crippen molar-refractivity contribution in [2.75, 3.05) is 0 Å². The molecular weight excluding hydrogens is 184 g/mol. The summed E-state index contributed by atoms with van der Waals surface area (Å²) in [5, 5.41) is 0. The first-order valence-electron chi connectivity index (χ1n) is 4.80. The van der Waals surface area contributed by atoms with E-state index in [1.807, 2.05) is 24.3 Å². The van der Waals surface area contributed by atoms with Gasteiger partial charge in [-0.15, -0.1) is 0 Å². The SMILES string of the molecule is NCc1ccccc1C1CC1C(F)F. The van der Waals surface area contributed by atoms with Gasteiger partial charge in [0.2, 0.25) is 6.43 Å². The summed E-state index contributed by atoms with van der Waals surface area (Å²) in [4.78, 5) is 0. The third-order valence-corrected chi connectivity index (χ3v) is 2.84. The van der Waals surface area contributed by atoms with E-state index in [0.29, 0.717) is 13.0 Å². The molecule has 1 aromatic rings. The molecule has 0 aromatic heterocycles. The van der Waals surface area contributed by atoms with Gasteiger partial charge in [0, 0.05) is 12.5 Å². The van der Waals surface area contributed by atoms with E-state index in [-0.39, 0.29) is 5.92 Å². The monoisotopic (exact) mass is 197 g/mol. The number of hydrogen-bond acceptors (Lipinski definition) is 1. The zero-order valence-corrected chi connectivity index (χ0v) is 7.79. The van der Waals surface area contributed by atoms with E-state index in [2.05, 4.69) is 0 Å². The maximum Gasteiger partial charge on any atom is 0.242 e. The molecule has 2 atom stereocenters. The second-order valence-corrected chi connectivity index (χ2v) is 3.74. The minimum absolute atomic E-state index is 0.0368. The van der Waals surface area contributed by atoms with Gasteiger partial charge in [0.15, 0.2) is 0 Å². The Morgan fingerprint density at radius 2 is 2.07 bits per heavy atom. The van der Waals surface area contributed by atoms with Gasteiger partial charge in [-0.05, 0) is 23.5 Å². The molecule has 0 bridgehead atoms. The highest BCUT2D eigenvalue weighted by atomic mass is 19.3. The van der Waals surface area contributed by atoms with Crippen LogP contribution in [0.4, 0.5) is 8.78 Å². The first-order valence-corrected chi connectivity index (χ1v) is 4.80. The average Bonchev–Trinajstić information content (AvgIpc) is 2.97. The van der Waals surface area contributed by atoms with Crippen LogP contribution in [0.3, 0.4) is 0 Å². The number of hydrogen-bond donors (Lipinski definition) is 1. The predicted octanol–water partition coefficient (Wildman–Crippen LogP) is 2.51. The van der Waals surface area contributed by atoms with Gasteiger partial charge in [0.05, 0.1) is 0 Å². The molecule has 14 heavy (non-hydrogen) atoms. The lowest BCUT2D eigenvalue weighted by atomic mass is 10.0. The minimum atomic E-state index is -2.19. The van der Waals surface area contributed by atoms with Crippen LogP contribution in [-0.2, 0) is 6.54 Å². The molecule has 1 saturated carbocycles. The normalized spacial score (nSPS) is 25.4. The molecule has 76 valence electrons. The van der Waals surface area contributed by atoms with E-state index >= 15 is 0 Å². The van der Waals surface area contributed by atoms with Gasteiger partial charge in [-0.1, -0.05) is 24.3 Å². The summed E-state index contributed by atoms with van der Waals surface area (Å²) in [7, 11) is 0.